The molecule has 4 aromatic rings. The first-order chi connectivity index (χ1) is 18.8. The molecule has 2 N–H and O–H groups in total. The van der Waals surface area contributed by atoms with Crippen molar-refractivity contribution in [1.29, 1.82) is 0 Å². The normalized spacial score (nSPS) is 21.5. The van der Waals surface area contributed by atoms with Crippen molar-refractivity contribution >= 4 is 27.5 Å². The maximum atomic E-state index is 12.9. The number of thioether (sulfide) groups is 1. The van der Waals surface area contributed by atoms with Crippen LogP contribution in [0.2, 0.25) is 0 Å². The lowest BCUT2D eigenvalue weighted by molar-refractivity contribution is -0.268. The van der Waals surface area contributed by atoms with Crippen LogP contribution >= 0.6 is 11.8 Å². The molecule has 0 spiro atoms. The Morgan fingerprint density at radius 2 is 1.77 bits per heavy atom. The van der Waals surface area contributed by atoms with Gasteiger partial charge in [-0.05, 0) is 35.4 Å². The van der Waals surface area contributed by atoms with Gasteiger partial charge in [0.1, 0.15) is 6.33 Å². The zero-order valence-electron chi connectivity index (χ0n) is 21.5. The lowest BCUT2D eigenvalue weighted by Gasteiger charge is -2.41. The molecule has 2 heterocycles. The minimum atomic E-state index is -3.75. The molecule has 1 aromatic heterocycles. The summed E-state index contributed by atoms with van der Waals surface area (Å²) in [4.78, 5) is 0.182. The molecule has 1 aliphatic heterocycles. The van der Waals surface area contributed by atoms with Crippen molar-refractivity contribution in [3.8, 4) is 0 Å². The molecule has 0 radical (unpaired) electrons. The average Bonchev–Trinajstić information content (AvgIpc) is 3.37. The maximum absolute atomic E-state index is 12.9. The number of nitrogens with one attached hydrogen (secondary N) is 1. The number of sulfonamides is 1. The third kappa shape index (κ3) is 6.34. The molecule has 0 amide bonds. The Balaban J connectivity index is 1.41. The van der Waals surface area contributed by atoms with Crippen molar-refractivity contribution in [3.63, 3.8) is 0 Å². The lowest BCUT2D eigenvalue weighted by Crippen LogP contribution is -2.38. The van der Waals surface area contributed by atoms with E-state index in [1.807, 2.05) is 41.9 Å². The number of aromatic nitrogens is 3. The van der Waals surface area contributed by atoms with E-state index in [0.717, 1.165) is 16.3 Å². The standard InChI is InChI=1S/C28H30N4O5S2/c1-19-25(17-38-28-30-29-18-32(28)2)36-27(37-26(19)21-13-11-20(16-33)12-14-21)22-7-6-8-23(15-22)31-39(34,35)24-9-4-3-5-10-24/h3-15,18-19,25-27,31,33H,16-17H2,1-2H3/t19-,25+,26+,27+/m0/s1. The molecule has 11 heteroatoms. The van der Waals surface area contributed by atoms with E-state index in [0.29, 0.717) is 17.0 Å². The lowest BCUT2D eigenvalue weighted by atomic mass is 9.91. The zero-order chi connectivity index (χ0) is 27.4. The van der Waals surface area contributed by atoms with Gasteiger partial charge >= 0.3 is 0 Å². The highest BCUT2D eigenvalue weighted by atomic mass is 32.2. The number of aryl methyl sites for hydroxylation is 1. The SMILES string of the molecule is C[C@H]1[C@@H](CSc2nncn2C)O[C@@H](c2cccc(NS(=O)(=O)c3ccccc3)c2)O[C@H]1c1ccc(CO)cc1. The van der Waals surface area contributed by atoms with E-state index in [4.69, 9.17) is 9.47 Å². The summed E-state index contributed by atoms with van der Waals surface area (Å²) in [6, 6.07) is 23.0. The van der Waals surface area contributed by atoms with Crippen LogP contribution in [0.5, 0.6) is 0 Å². The van der Waals surface area contributed by atoms with Crippen molar-refractivity contribution in [3.05, 3.63) is 102 Å². The highest BCUT2D eigenvalue weighted by Gasteiger charge is 2.38. The summed E-state index contributed by atoms with van der Waals surface area (Å²) in [5, 5.41) is 18.4. The van der Waals surface area contributed by atoms with Crippen LogP contribution < -0.4 is 4.72 Å². The van der Waals surface area contributed by atoms with Crippen LogP contribution in [-0.4, -0.2) is 40.1 Å². The first-order valence-corrected chi connectivity index (χ1v) is 15.0. The number of aliphatic hydroxyl groups excluding tert-OH is 1. The van der Waals surface area contributed by atoms with Gasteiger partial charge in [-0.1, -0.05) is 73.3 Å². The topological polar surface area (TPSA) is 116 Å². The van der Waals surface area contributed by atoms with Crippen molar-refractivity contribution in [2.45, 2.75) is 42.1 Å². The van der Waals surface area contributed by atoms with Gasteiger partial charge in [-0.15, -0.1) is 10.2 Å². The van der Waals surface area contributed by atoms with Crippen LogP contribution in [0.3, 0.4) is 0 Å². The summed E-state index contributed by atoms with van der Waals surface area (Å²) in [6.07, 6.45) is 0.450. The quantitative estimate of drug-likeness (QED) is 0.280. The van der Waals surface area contributed by atoms with E-state index in [2.05, 4.69) is 21.8 Å². The van der Waals surface area contributed by atoms with Gasteiger partial charge in [0.15, 0.2) is 11.4 Å². The molecule has 0 unspecified atom stereocenters. The fourth-order valence-corrected chi connectivity index (χ4v) is 6.55. The molecule has 39 heavy (non-hydrogen) atoms. The Morgan fingerprint density at radius 1 is 1.00 bits per heavy atom. The van der Waals surface area contributed by atoms with Gasteiger partial charge in [0, 0.05) is 30.0 Å². The molecular formula is C28H30N4O5S2. The minimum Gasteiger partial charge on any atom is -0.392 e. The van der Waals surface area contributed by atoms with E-state index in [9.17, 15) is 13.5 Å². The third-order valence-corrected chi connectivity index (χ3v) is 9.15. The van der Waals surface area contributed by atoms with E-state index < -0.39 is 16.3 Å². The maximum Gasteiger partial charge on any atom is 0.261 e. The Labute approximate surface area is 232 Å². The number of aliphatic hydroxyl groups is 1. The number of anilines is 1. The van der Waals surface area contributed by atoms with Gasteiger partial charge in [0.25, 0.3) is 10.0 Å². The van der Waals surface area contributed by atoms with Crippen LogP contribution in [0.1, 0.15) is 36.0 Å². The second kappa shape index (κ2) is 11.9. The van der Waals surface area contributed by atoms with Gasteiger partial charge in [-0.25, -0.2) is 8.42 Å². The predicted octanol–water partition coefficient (Wildman–Crippen LogP) is 4.69. The van der Waals surface area contributed by atoms with Gasteiger partial charge in [0.05, 0.1) is 23.7 Å². The van der Waals surface area contributed by atoms with Gasteiger partial charge < -0.3 is 19.1 Å². The number of hydrogen-bond acceptors (Lipinski definition) is 8. The van der Waals surface area contributed by atoms with E-state index in [1.165, 1.54) is 0 Å². The molecule has 5 rings (SSSR count). The first kappa shape index (κ1) is 27.4. The summed E-state index contributed by atoms with van der Waals surface area (Å²) in [7, 11) is -1.85. The molecule has 204 valence electrons. The van der Waals surface area contributed by atoms with Crippen LogP contribution in [-0.2, 0) is 33.2 Å². The van der Waals surface area contributed by atoms with Crippen molar-refractivity contribution in [2.75, 3.05) is 10.5 Å². The molecule has 0 saturated carbocycles. The second-order valence-electron chi connectivity index (χ2n) is 9.40. The fraction of sp³-hybridized carbons (Fsp3) is 0.286. The van der Waals surface area contributed by atoms with Gasteiger partial charge in [0.2, 0.25) is 0 Å². The molecule has 9 nitrogen and oxygen atoms in total. The van der Waals surface area contributed by atoms with Crippen molar-refractivity contribution in [2.24, 2.45) is 13.0 Å². The molecule has 3 aromatic carbocycles. The summed E-state index contributed by atoms with van der Waals surface area (Å²) in [5.74, 6) is 0.626. The van der Waals surface area contributed by atoms with E-state index >= 15 is 0 Å². The van der Waals surface area contributed by atoms with Crippen molar-refractivity contribution < 1.29 is 23.0 Å². The largest absolute Gasteiger partial charge is 0.392 e. The summed E-state index contributed by atoms with van der Waals surface area (Å²) in [6.45, 7) is 2.06. The fourth-order valence-electron chi connectivity index (χ4n) is 4.43. The van der Waals surface area contributed by atoms with Gasteiger partial charge in [-0.2, -0.15) is 0 Å². The molecule has 1 saturated heterocycles. The second-order valence-corrected chi connectivity index (χ2v) is 12.1. The van der Waals surface area contributed by atoms with Crippen LogP contribution in [0.4, 0.5) is 5.69 Å². The number of rotatable bonds is 9. The summed E-state index contributed by atoms with van der Waals surface area (Å²) >= 11 is 1.56. The monoisotopic (exact) mass is 566 g/mol. The number of benzene rings is 3. The Morgan fingerprint density at radius 3 is 2.46 bits per heavy atom. The molecular weight excluding hydrogens is 536 g/mol. The summed E-state index contributed by atoms with van der Waals surface area (Å²) < 4.78 is 43.3. The van der Waals surface area contributed by atoms with Gasteiger partial charge in [-0.3, -0.25) is 4.72 Å². The highest BCUT2D eigenvalue weighted by Crippen LogP contribution is 2.43. The minimum absolute atomic E-state index is 0.00159. The Kier molecular flexibility index (Phi) is 8.34. The summed E-state index contributed by atoms with van der Waals surface area (Å²) in [5.41, 5.74) is 2.90. The number of hydrogen-bond donors (Lipinski definition) is 2. The average molecular weight is 567 g/mol. The molecule has 0 bridgehead atoms. The van der Waals surface area contributed by atoms with Crippen LogP contribution in [0.15, 0.2) is 95.2 Å². The smallest absolute Gasteiger partial charge is 0.261 e. The molecule has 4 atom stereocenters. The van der Waals surface area contributed by atoms with E-state index in [1.54, 1.807) is 66.6 Å². The predicted molar refractivity (Wildman–Crippen MR) is 148 cm³/mol. The van der Waals surface area contributed by atoms with E-state index in [-0.39, 0.29) is 29.6 Å². The first-order valence-electron chi connectivity index (χ1n) is 12.5. The Hall–Kier alpha value is -3.22. The van der Waals surface area contributed by atoms with Crippen LogP contribution in [0, 0.1) is 5.92 Å². The zero-order valence-corrected chi connectivity index (χ0v) is 23.2. The Bertz CT molecular complexity index is 1500. The highest BCUT2D eigenvalue weighted by molar-refractivity contribution is 7.99. The number of ether oxygens (including phenoxy) is 2. The number of nitrogens with zero attached hydrogens (tertiary/aromatic N) is 3. The van der Waals surface area contributed by atoms with Crippen LogP contribution in [0.25, 0.3) is 0 Å². The van der Waals surface area contributed by atoms with Crippen molar-refractivity contribution in [1.82, 2.24) is 14.8 Å². The molecule has 1 fully saturated rings. The third-order valence-electron chi connectivity index (χ3n) is 6.63. The molecule has 1 aliphatic rings. The molecule has 0 aliphatic carbocycles.